The molecule has 0 fully saturated rings. The van der Waals surface area contributed by atoms with Gasteiger partial charge < -0.3 is 5.11 Å². The minimum Gasteiger partial charge on any atom is -0.504 e. The van der Waals surface area contributed by atoms with Crippen LogP contribution in [0.25, 0.3) is 10.9 Å². The number of hydrogen-bond acceptors (Lipinski definition) is 4. The van der Waals surface area contributed by atoms with Crippen LogP contribution in [0, 0.1) is 5.92 Å². The second-order valence-electron chi connectivity index (χ2n) is 6.08. The summed E-state index contributed by atoms with van der Waals surface area (Å²) in [4.78, 5) is 19.4. The predicted octanol–water partition coefficient (Wildman–Crippen LogP) is 3.52. The van der Waals surface area contributed by atoms with E-state index in [4.69, 9.17) is 23.2 Å². The third kappa shape index (κ3) is 3.62. The molecule has 23 heavy (non-hydrogen) atoms. The first-order chi connectivity index (χ1) is 10.8. The molecule has 0 aliphatic rings. The molecule has 2 rings (SSSR count). The van der Waals surface area contributed by atoms with Crippen molar-refractivity contribution in [3.63, 3.8) is 0 Å². The Bertz CT molecular complexity index is 787. The molecule has 1 aromatic heterocycles. The number of aromatic nitrogens is 2. The molecule has 0 saturated carbocycles. The average Bonchev–Trinajstić information content (AvgIpc) is 2.47. The van der Waals surface area contributed by atoms with Crippen molar-refractivity contribution in [2.24, 2.45) is 5.92 Å². The Labute approximate surface area is 145 Å². The number of aromatic hydroxyl groups is 1. The summed E-state index contributed by atoms with van der Waals surface area (Å²) in [7, 11) is 1.95. The lowest BCUT2D eigenvalue weighted by molar-refractivity contribution is 0.322. The Morgan fingerprint density at radius 1 is 1.35 bits per heavy atom. The lowest BCUT2D eigenvalue weighted by Crippen LogP contribution is -2.31. The highest BCUT2D eigenvalue weighted by Gasteiger charge is 2.19. The monoisotopic (exact) mass is 357 g/mol. The lowest BCUT2D eigenvalue weighted by Gasteiger charge is -2.20. The van der Waals surface area contributed by atoms with Gasteiger partial charge in [-0.15, -0.1) is 0 Å². The van der Waals surface area contributed by atoms with Crippen LogP contribution in [0.5, 0.6) is 5.75 Å². The van der Waals surface area contributed by atoms with E-state index >= 15 is 0 Å². The van der Waals surface area contributed by atoms with Crippen molar-refractivity contribution in [3.05, 3.63) is 32.3 Å². The minimum absolute atomic E-state index is 0.0887. The number of halogens is 2. The summed E-state index contributed by atoms with van der Waals surface area (Å²) in [5.41, 5.74) is -0.0906. The highest BCUT2D eigenvalue weighted by atomic mass is 35.5. The molecule has 1 N–H and O–H groups in total. The van der Waals surface area contributed by atoms with E-state index in [0.29, 0.717) is 18.9 Å². The van der Waals surface area contributed by atoms with Crippen molar-refractivity contribution in [3.8, 4) is 5.75 Å². The van der Waals surface area contributed by atoms with Crippen LogP contribution >= 0.6 is 23.2 Å². The molecule has 0 bridgehead atoms. The number of hydrogen-bond donors (Lipinski definition) is 1. The highest BCUT2D eigenvalue weighted by molar-refractivity contribution is 6.39. The smallest absolute Gasteiger partial charge is 0.263 e. The van der Waals surface area contributed by atoms with Crippen molar-refractivity contribution in [2.75, 3.05) is 13.6 Å². The van der Waals surface area contributed by atoms with Crippen LogP contribution in [0.4, 0.5) is 0 Å². The number of phenolic OH excluding ortho intramolecular Hbond substituents is 1. The van der Waals surface area contributed by atoms with Crippen molar-refractivity contribution in [2.45, 2.75) is 33.9 Å². The van der Waals surface area contributed by atoms with Gasteiger partial charge in [0.2, 0.25) is 0 Å². The van der Waals surface area contributed by atoms with E-state index in [2.05, 4.69) is 4.98 Å². The van der Waals surface area contributed by atoms with E-state index in [1.54, 1.807) is 4.57 Å². The molecule has 1 heterocycles. The molecule has 0 saturated heterocycles. The first-order valence-electron chi connectivity index (χ1n) is 7.55. The van der Waals surface area contributed by atoms with Gasteiger partial charge in [-0.2, -0.15) is 0 Å². The summed E-state index contributed by atoms with van der Waals surface area (Å²) in [5.74, 6) is 0.659. The summed E-state index contributed by atoms with van der Waals surface area (Å²) in [6.07, 6.45) is 0. The van der Waals surface area contributed by atoms with Gasteiger partial charge in [-0.05, 0) is 25.6 Å². The van der Waals surface area contributed by atoms with Crippen LogP contribution < -0.4 is 5.56 Å². The molecule has 1 aromatic carbocycles. The number of phenols is 1. The maximum absolute atomic E-state index is 12.9. The number of benzene rings is 1. The Morgan fingerprint density at radius 2 is 2.00 bits per heavy atom. The first kappa shape index (κ1) is 18.0. The fraction of sp³-hybridized carbons (Fsp3) is 0.500. The van der Waals surface area contributed by atoms with Crippen molar-refractivity contribution in [1.29, 1.82) is 0 Å². The Kier molecular flexibility index (Phi) is 5.55. The number of nitrogens with zero attached hydrogens (tertiary/aromatic N) is 3. The third-order valence-corrected chi connectivity index (χ3v) is 4.28. The topological polar surface area (TPSA) is 58.4 Å². The molecule has 0 atom stereocenters. The Morgan fingerprint density at radius 3 is 2.57 bits per heavy atom. The second kappa shape index (κ2) is 7.07. The van der Waals surface area contributed by atoms with Crippen molar-refractivity contribution in [1.82, 2.24) is 14.5 Å². The summed E-state index contributed by atoms with van der Waals surface area (Å²) >= 11 is 12.1. The van der Waals surface area contributed by atoms with Crippen LogP contribution in [-0.2, 0) is 13.1 Å². The zero-order valence-corrected chi connectivity index (χ0v) is 15.2. The standard InChI is InChI=1S/C16H21Cl2N3O2/c1-5-20(4)8-12-19-14-13(10(17)6-11(18)15(14)22)16(23)21(12)7-9(2)3/h6,9,22H,5,7-8H2,1-4H3. The minimum atomic E-state index is -0.250. The van der Waals surface area contributed by atoms with Crippen LogP contribution in [0.2, 0.25) is 10.0 Å². The van der Waals surface area contributed by atoms with Gasteiger partial charge in [0.25, 0.3) is 5.56 Å². The van der Waals surface area contributed by atoms with Gasteiger partial charge in [0.05, 0.1) is 22.0 Å². The van der Waals surface area contributed by atoms with Gasteiger partial charge >= 0.3 is 0 Å². The zero-order valence-electron chi connectivity index (χ0n) is 13.7. The SMILES string of the molecule is CCN(C)Cc1nc2c(O)c(Cl)cc(Cl)c2c(=O)n1CC(C)C. The fourth-order valence-electron chi connectivity index (χ4n) is 2.38. The van der Waals surface area contributed by atoms with Crippen molar-refractivity contribution >= 4 is 34.1 Å². The molecule has 0 aliphatic carbocycles. The normalized spacial score (nSPS) is 11.8. The summed E-state index contributed by atoms with van der Waals surface area (Å²) < 4.78 is 1.64. The zero-order chi connectivity index (χ0) is 17.3. The van der Waals surface area contributed by atoms with Crippen LogP contribution in [0.15, 0.2) is 10.9 Å². The Hall–Kier alpha value is -1.30. The van der Waals surface area contributed by atoms with Gasteiger partial charge in [-0.25, -0.2) is 4.98 Å². The second-order valence-corrected chi connectivity index (χ2v) is 6.89. The predicted molar refractivity (Wildman–Crippen MR) is 94.5 cm³/mol. The van der Waals surface area contributed by atoms with Crippen LogP contribution in [0.3, 0.4) is 0 Å². The fourth-order valence-corrected chi connectivity index (χ4v) is 2.91. The van der Waals surface area contributed by atoms with E-state index < -0.39 is 0 Å². The van der Waals surface area contributed by atoms with Gasteiger partial charge in [0.15, 0.2) is 5.75 Å². The maximum Gasteiger partial charge on any atom is 0.263 e. The summed E-state index contributed by atoms with van der Waals surface area (Å²) in [6.45, 7) is 7.94. The molecule has 0 unspecified atom stereocenters. The number of rotatable bonds is 5. The molecule has 0 spiro atoms. The van der Waals surface area contributed by atoms with E-state index in [1.165, 1.54) is 6.07 Å². The molecular weight excluding hydrogens is 337 g/mol. The van der Waals surface area contributed by atoms with Gasteiger partial charge in [-0.1, -0.05) is 44.0 Å². The molecule has 0 radical (unpaired) electrons. The van der Waals surface area contributed by atoms with E-state index in [-0.39, 0.29) is 38.2 Å². The van der Waals surface area contributed by atoms with E-state index in [1.807, 2.05) is 32.7 Å². The highest BCUT2D eigenvalue weighted by Crippen LogP contribution is 2.34. The largest absolute Gasteiger partial charge is 0.504 e. The molecule has 2 aromatic rings. The quantitative estimate of drug-likeness (QED) is 0.889. The van der Waals surface area contributed by atoms with Gasteiger partial charge in [-0.3, -0.25) is 14.3 Å². The average molecular weight is 358 g/mol. The molecule has 0 aliphatic heterocycles. The molecule has 0 amide bonds. The van der Waals surface area contributed by atoms with E-state index in [9.17, 15) is 9.90 Å². The van der Waals surface area contributed by atoms with Crippen LogP contribution in [-0.4, -0.2) is 33.1 Å². The van der Waals surface area contributed by atoms with E-state index in [0.717, 1.165) is 6.54 Å². The lowest BCUT2D eigenvalue weighted by atomic mass is 10.2. The third-order valence-electron chi connectivity index (χ3n) is 3.69. The Balaban J connectivity index is 2.81. The molecule has 7 heteroatoms. The molecule has 5 nitrogen and oxygen atoms in total. The van der Waals surface area contributed by atoms with Crippen molar-refractivity contribution < 1.29 is 5.11 Å². The molecular formula is C16H21Cl2N3O2. The summed E-state index contributed by atoms with van der Waals surface area (Å²) in [6, 6.07) is 1.38. The molecule has 126 valence electrons. The number of fused-ring (bicyclic) bond motifs is 1. The maximum atomic E-state index is 12.9. The summed E-state index contributed by atoms with van der Waals surface area (Å²) in [5, 5.41) is 10.7. The van der Waals surface area contributed by atoms with Gasteiger partial charge in [0.1, 0.15) is 11.3 Å². The first-order valence-corrected chi connectivity index (χ1v) is 8.30. The van der Waals surface area contributed by atoms with Gasteiger partial charge in [0, 0.05) is 6.54 Å². The van der Waals surface area contributed by atoms with Crippen LogP contribution in [0.1, 0.15) is 26.6 Å².